The molecular formula is C15H30N2O3. The Morgan fingerprint density at radius 3 is 2.15 bits per heavy atom. The topological polar surface area (TPSA) is 92.4 Å². The molecule has 0 unspecified atom stereocenters. The minimum atomic E-state index is -0.972. The van der Waals surface area contributed by atoms with Crippen molar-refractivity contribution >= 4 is 11.9 Å². The van der Waals surface area contributed by atoms with E-state index in [1.54, 1.807) is 0 Å². The van der Waals surface area contributed by atoms with Crippen molar-refractivity contribution < 1.29 is 14.7 Å². The van der Waals surface area contributed by atoms with Gasteiger partial charge in [0.15, 0.2) is 0 Å². The quantitative estimate of drug-likeness (QED) is 0.596. The van der Waals surface area contributed by atoms with Crippen LogP contribution in [0, 0.1) is 10.8 Å². The zero-order valence-corrected chi connectivity index (χ0v) is 13.5. The molecule has 1 amide bonds. The number of carboxylic acid groups (broad SMARTS) is 1. The molecule has 5 nitrogen and oxygen atoms in total. The van der Waals surface area contributed by atoms with Gasteiger partial charge in [-0.2, -0.15) is 0 Å². The Hall–Kier alpha value is -1.10. The summed E-state index contributed by atoms with van der Waals surface area (Å²) in [5.74, 6) is -0.921. The van der Waals surface area contributed by atoms with E-state index < -0.39 is 17.4 Å². The summed E-state index contributed by atoms with van der Waals surface area (Å²) >= 11 is 0. The fraction of sp³-hybridized carbons (Fsp3) is 0.867. The van der Waals surface area contributed by atoms with Gasteiger partial charge >= 0.3 is 5.97 Å². The number of carboxylic acids is 1. The molecule has 0 aromatic carbocycles. The summed E-state index contributed by atoms with van der Waals surface area (Å²) in [5, 5.41) is 11.6. The first-order valence-electron chi connectivity index (χ1n) is 7.22. The van der Waals surface area contributed by atoms with Crippen molar-refractivity contribution in [3.8, 4) is 0 Å². The summed E-state index contributed by atoms with van der Waals surface area (Å²) in [6.45, 7) is 10.8. The molecule has 0 saturated heterocycles. The molecule has 0 saturated carbocycles. The third-order valence-electron chi connectivity index (χ3n) is 3.13. The lowest BCUT2D eigenvalue weighted by Crippen LogP contribution is -2.39. The minimum Gasteiger partial charge on any atom is -0.480 e. The van der Waals surface area contributed by atoms with E-state index in [4.69, 9.17) is 10.8 Å². The van der Waals surface area contributed by atoms with Gasteiger partial charge < -0.3 is 16.2 Å². The maximum absolute atomic E-state index is 12.1. The zero-order chi connectivity index (χ0) is 16.0. The molecule has 0 spiro atoms. The van der Waals surface area contributed by atoms with Gasteiger partial charge in [0.1, 0.15) is 6.04 Å². The molecule has 0 aliphatic heterocycles. The Balaban J connectivity index is 3.96. The number of carbonyl (C=O) groups excluding carboxylic acids is 1. The van der Waals surface area contributed by atoms with Gasteiger partial charge in [0.2, 0.25) is 5.91 Å². The van der Waals surface area contributed by atoms with E-state index in [2.05, 4.69) is 26.1 Å². The molecule has 5 heteroatoms. The van der Waals surface area contributed by atoms with Crippen molar-refractivity contribution in [1.29, 1.82) is 0 Å². The van der Waals surface area contributed by atoms with Crippen LogP contribution < -0.4 is 11.1 Å². The van der Waals surface area contributed by atoms with Crippen LogP contribution in [0.2, 0.25) is 0 Å². The highest BCUT2D eigenvalue weighted by Gasteiger charge is 2.32. The van der Waals surface area contributed by atoms with Crippen LogP contribution in [-0.2, 0) is 9.59 Å². The van der Waals surface area contributed by atoms with Crippen LogP contribution in [-0.4, -0.2) is 29.6 Å². The summed E-state index contributed by atoms with van der Waals surface area (Å²) in [7, 11) is 0. The smallest absolute Gasteiger partial charge is 0.320 e. The van der Waals surface area contributed by atoms with Gasteiger partial charge in [-0.25, -0.2) is 0 Å². The fourth-order valence-corrected chi connectivity index (χ4v) is 2.46. The van der Waals surface area contributed by atoms with Gasteiger partial charge in [-0.05, 0) is 31.1 Å². The first-order valence-corrected chi connectivity index (χ1v) is 7.22. The van der Waals surface area contributed by atoms with E-state index in [1.807, 2.05) is 13.8 Å². The lowest BCUT2D eigenvalue weighted by atomic mass is 9.76. The second-order valence-corrected chi connectivity index (χ2v) is 7.32. The molecule has 0 aromatic heterocycles. The SMILES string of the molecule is CC(C)(C)CC(C)(C)C(=O)NCCCC[C@H](N)C(=O)O. The molecule has 0 fully saturated rings. The normalized spacial score (nSPS) is 13.9. The Morgan fingerprint density at radius 2 is 1.70 bits per heavy atom. The maximum Gasteiger partial charge on any atom is 0.320 e. The summed E-state index contributed by atoms with van der Waals surface area (Å²) in [6, 6.07) is -0.803. The van der Waals surface area contributed by atoms with Crippen LogP contribution in [0.15, 0.2) is 0 Å². The Labute approximate surface area is 122 Å². The molecule has 0 aliphatic rings. The molecule has 0 heterocycles. The van der Waals surface area contributed by atoms with Crippen LogP contribution in [0.25, 0.3) is 0 Å². The second-order valence-electron chi connectivity index (χ2n) is 7.32. The van der Waals surface area contributed by atoms with Crippen LogP contribution >= 0.6 is 0 Å². The highest BCUT2D eigenvalue weighted by atomic mass is 16.4. The summed E-state index contributed by atoms with van der Waals surface area (Å²) in [4.78, 5) is 22.7. The van der Waals surface area contributed by atoms with Crippen LogP contribution in [0.5, 0.6) is 0 Å². The number of aliphatic carboxylic acids is 1. The highest BCUT2D eigenvalue weighted by Crippen LogP contribution is 2.33. The van der Waals surface area contributed by atoms with Crippen molar-refractivity contribution in [2.24, 2.45) is 16.6 Å². The van der Waals surface area contributed by atoms with Gasteiger partial charge in [-0.3, -0.25) is 9.59 Å². The number of hydrogen-bond acceptors (Lipinski definition) is 3. The van der Waals surface area contributed by atoms with E-state index in [-0.39, 0.29) is 11.3 Å². The third kappa shape index (κ3) is 8.15. The number of rotatable bonds is 8. The van der Waals surface area contributed by atoms with E-state index in [0.29, 0.717) is 19.4 Å². The number of nitrogens with two attached hydrogens (primary N) is 1. The van der Waals surface area contributed by atoms with Gasteiger partial charge in [0.25, 0.3) is 0 Å². The molecule has 0 rings (SSSR count). The Morgan fingerprint density at radius 1 is 1.15 bits per heavy atom. The molecule has 118 valence electrons. The molecule has 0 radical (unpaired) electrons. The number of nitrogens with one attached hydrogen (secondary N) is 1. The van der Waals surface area contributed by atoms with E-state index in [1.165, 1.54) is 0 Å². The zero-order valence-electron chi connectivity index (χ0n) is 13.5. The van der Waals surface area contributed by atoms with Crippen LogP contribution in [0.3, 0.4) is 0 Å². The van der Waals surface area contributed by atoms with E-state index in [0.717, 1.165) is 12.8 Å². The number of amides is 1. The standard InChI is InChI=1S/C15H30N2O3/c1-14(2,3)10-15(4,5)13(20)17-9-7-6-8-11(16)12(18)19/h11H,6-10,16H2,1-5H3,(H,17,20)(H,18,19)/t11-/m0/s1. The van der Waals surface area contributed by atoms with Crippen LogP contribution in [0.4, 0.5) is 0 Å². The lowest BCUT2D eigenvalue weighted by molar-refractivity contribution is -0.138. The summed E-state index contributed by atoms with van der Waals surface area (Å²) in [5.41, 5.74) is 5.12. The first kappa shape index (κ1) is 18.9. The third-order valence-corrected chi connectivity index (χ3v) is 3.13. The molecule has 20 heavy (non-hydrogen) atoms. The van der Waals surface area contributed by atoms with Crippen molar-refractivity contribution in [3.05, 3.63) is 0 Å². The fourth-order valence-electron chi connectivity index (χ4n) is 2.46. The molecule has 0 aliphatic carbocycles. The van der Waals surface area contributed by atoms with E-state index >= 15 is 0 Å². The lowest BCUT2D eigenvalue weighted by Gasteiger charge is -2.31. The minimum absolute atomic E-state index is 0.0509. The highest BCUT2D eigenvalue weighted by molar-refractivity contribution is 5.81. The van der Waals surface area contributed by atoms with Crippen molar-refractivity contribution in [2.45, 2.75) is 66.3 Å². The van der Waals surface area contributed by atoms with Crippen molar-refractivity contribution in [1.82, 2.24) is 5.32 Å². The van der Waals surface area contributed by atoms with Gasteiger partial charge in [-0.1, -0.05) is 34.6 Å². The van der Waals surface area contributed by atoms with Crippen molar-refractivity contribution in [2.75, 3.05) is 6.54 Å². The number of unbranched alkanes of at least 4 members (excludes halogenated alkanes) is 1. The number of hydrogen-bond donors (Lipinski definition) is 3. The second kappa shape index (κ2) is 7.62. The average Bonchev–Trinajstić information content (AvgIpc) is 2.24. The van der Waals surface area contributed by atoms with Crippen molar-refractivity contribution in [3.63, 3.8) is 0 Å². The predicted octanol–water partition coefficient (Wildman–Crippen LogP) is 2.15. The van der Waals surface area contributed by atoms with Crippen LogP contribution in [0.1, 0.15) is 60.3 Å². The van der Waals surface area contributed by atoms with E-state index in [9.17, 15) is 9.59 Å². The number of carbonyl (C=O) groups is 2. The molecule has 0 aromatic rings. The first-order chi connectivity index (χ1) is 8.96. The summed E-state index contributed by atoms with van der Waals surface area (Å²) < 4.78 is 0. The molecule has 4 N–H and O–H groups in total. The average molecular weight is 286 g/mol. The van der Waals surface area contributed by atoms with Gasteiger partial charge in [-0.15, -0.1) is 0 Å². The van der Waals surface area contributed by atoms with Gasteiger partial charge in [0, 0.05) is 12.0 Å². The Bertz CT molecular complexity index is 333. The maximum atomic E-state index is 12.1. The predicted molar refractivity (Wildman–Crippen MR) is 80.3 cm³/mol. The molecule has 1 atom stereocenters. The molecular weight excluding hydrogens is 256 g/mol. The molecule has 0 bridgehead atoms. The van der Waals surface area contributed by atoms with Gasteiger partial charge in [0.05, 0.1) is 0 Å². The summed E-state index contributed by atoms with van der Waals surface area (Å²) in [6.07, 6.45) is 2.71. The largest absolute Gasteiger partial charge is 0.480 e. The Kier molecular flexibility index (Phi) is 7.20. The monoisotopic (exact) mass is 286 g/mol.